The van der Waals surface area contributed by atoms with Crippen molar-refractivity contribution < 1.29 is 28.5 Å². The second-order valence-corrected chi connectivity index (χ2v) is 10.7. The Labute approximate surface area is 250 Å². The summed E-state index contributed by atoms with van der Waals surface area (Å²) < 4.78 is 27.4. The van der Waals surface area contributed by atoms with Crippen LogP contribution >= 0.6 is 0 Å². The van der Waals surface area contributed by atoms with Crippen LogP contribution in [-0.2, 0) is 10.2 Å². The van der Waals surface area contributed by atoms with Crippen molar-refractivity contribution in [2.45, 2.75) is 31.1 Å². The molecule has 3 aromatic carbocycles. The summed E-state index contributed by atoms with van der Waals surface area (Å²) in [5.74, 6) is 3.86. The van der Waals surface area contributed by atoms with Crippen LogP contribution in [0.1, 0.15) is 36.8 Å². The maximum absolute atomic E-state index is 14.3. The molecule has 0 unspecified atom stereocenters. The van der Waals surface area contributed by atoms with Crippen LogP contribution in [-0.4, -0.2) is 84.0 Å². The van der Waals surface area contributed by atoms with Gasteiger partial charge in [0.15, 0.2) is 0 Å². The number of carbonyl (C=O) groups excluding carboxylic acids is 1. The highest BCUT2D eigenvalue weighted by atomic mass is 16.5. The number of ether oxygens (including phenoxy) is 5. The fourth-order valence-corrected chi connectivity index (χ4v) is 5.71. The Morgan fingerprint density at radius 1 is 0.714 bits per heavy atom. The minimum absolute atomic E-state index is 0.161. The standard InChI is InChI=1S/C34H44N2O6/c1-35(19-8-22-42-32-24-30(40-4)23-31(25-32)41-5)18-7-21-36-20-6-17-34(33(36)37,26-9-13-28(38-2)14-10-26)27-11-15-29(39-3)16-12-27/h9-16,23-25H,6-8,17-22H2,1-5H3. The molecule has 4 rings (SSSR count). The number of carbonyl (C=O) groups is 1. The van der Waals surface area contributed by atoms with Gasteiger partial charge in [-0.05, 0) is 74.7 Å². The van der Waals surface area contributed by atoms with Crippen molar-refractivity contribution in [3.63, 3.8) is 0 Å². The molecule has 42 heavy (non-hydrogen) atoms. The Balaban J connectivity index is 1.34. The molecule has 8 heteroatoms. The van der Waals surface area contributed by atoms with E-state index in [1.54, 1.807) is 28.4 Å². The predicted octanol–water partition coefficient (Wildman–Crippen LogP) is 5.42. The molecule has 0 atom stereocenters. The Kier molecular flexibility index (Phi) is 11.0. The first-order chi connectivity index (χ1) is 20.4. The Morgan fingerprint density at radius 3 is 1.74 bits per heavy atom. The summed E-state index contributed by atoms with van der Waals surface area (Å²) >= 11 is 0. The van der Waals surface area contributed by atoms with Gasteiger partial charge >= 0.3 is 0 Å². The Bertz CT molecular complexity index is 1210. The first-order valence-electron chi connectivity index (χ1n) is 14.6. The third-order valence-corrected chi connectivity index (χ3v) is 8.04. The van der Waals surface area contributed by atoms with E-state index in [4.69, 9.17) is 23.7 Å². The molecule has 1 heterocycles. The van der Waals surface area contributed by atoms with Gasteiger partial charge in [-0.1, -0.05) is 24.3 Å². The molecule has 3 aromatic rings. The van der Waals surface area contributed by atoms with Gasteiger partial charge in [-0.3, -0.25) is 4.79 Å². The van der Waals surface area contributed by atoms with Crippen LogP contribution in [0.25, 0.3) is 0 Å². The van der Waals surface area contributed by atoms with Crippen LogP contribution in [0.5, 0.6) is 28.7 Å². The van der Waals surface area contributed by atoms with Crippen LogP contribution in [0.4, 0.5) is 0 Å². The van der Waals surface area contributed by atoms with Crippen molar-refractivity contribution in [1.82, 2.24) is 9.80 Å². The number of rotatable bonds is 15. The summed E-state index contributed by atoms with van der Waals surface area (Å²) in [6, 6.07) is 21.4. The van der Waals surface area contributed by atoms with Crippen molar-refractivity contribution in [3.8, 4) is 28.7 Å². The number of hydrogen-bond donors (Lipinski definition) is 0. The molecule has 0 aromatic heterocycles. The highest BCUT2D eigenvalue weighted by Gasteiger charge is 2.46. The van der Waals surface area contributed by atoms with Gasteiger partial charge in [-0.25, -0.2) is 0 Å². The number of nitrogens with zero attached hydrogens (tertiary/aromatic N) is 2. The van der Waals surface area contributed by atoms with Crippen LogP contribution in [0.15, 0.2) is 66.7 Å². The molecule has 0 spiro atoms. The van der Waals surface area contributed by atoms with E-state index in [0.29, 0.717) is 18.1 Å². The molecule has 0 aliphatic carbocycles. The van der Waals surface area contributed by atoms with E-state index in [1.165, 1.54) is 0 Å². The van der Waals surface area contributed by atoms with E-state index < -0.39 is 5.41 Å². The lowest BCUT2D eigenvalue weighted by Crippen LogP contribution is -2.52. The molecular formula is C34H44N2O6. The SMILES string of the molecule is COc1ccc(C2(c3ccc(OC)cc3)CCCN(CCCN(C)CCCOc3cc(OC)cc(OC)c3)C2=O)cc1. The molecule has 0 radical (unpaired) electrons. The number of hydrogen-bond acceptors (Lipinski definition) is 7. The fraction of sp³-hybridized carbons (Fsp3) is 0.441. The van der Waals surface area contributed by atoms with E-state index in [1.807, 2.05) is 71.6 Å². The third-order valence-electron chi connectivity index (χ3n) is 8.04. The zero-order chi connectivity index (χ0) is 30.0. The zero-order valence-electron chi connectivity index (χ0n) is 25.6. The van der Waals surface area contributed by atoms with Gasteiger partial charge < -0.3 is 33.5 Å². The number of methoxy groups -OCH3 is 4. The summed E-state index contributed by atoms with van der Waals surface area (Å²) in [5, 5.41) is 0. The Hall–Kier alpha value is -3.91. The van der Waals surface area contributed by atoms with Gasteiger partial charge in [0.2, 0.25) is 5.91 Å². The average Bonchev–Trinajstić information content (AvgIpc) is 3.04. The molecule has 1 saturated heterocycles. The minimum atomic E-state index is -0.733. The summed E-state index contributed by atoms with van der Waals surface area (Å²) in [6.45, 7) is 3.88. The van der Waals surface area contributed by atoms with Crippen LogP contribution < -0.4 is 23.7 Å². The largest absolute Gasteiger partial charge is 0.497 e. The van der Waals surface area contributed by atoms with Crippen LogP contribution in [0.2, 0.25) is 0 Å². The molecule has 1 aliphatic rings. The molecule has 0 bridgehead atoms. The predicted molar refractivity (Wildman–Crippen MR) is 164 cm³/mol. The molecule has 1 amide bonds. The van der Waals surface area contributed by atoms with Crippen LogP contribution in [0, 0.1) is 0 Å². The maximum Gasteiger partial charge on any atom is 0.237 e. The molecule has 1 fully saturated rings. The van der Waals surface area contributed by atoms with Gasteiger partial charge in [-0.2, -0.15) is 0 Å². The zero-order valence-corrected chi connectivity index (χ0v) is 25.6. The van der Waals surface area contributed by atoms with E-state index in [-0.39, 0.29) is 5.91 Å². The van der Waals surface area contributed by atoms with Gasteiger partial charge in [-0.15, -0.1) is 0 Å². The molecule has 8 nitrogen and oxygen atoms in total. The second-order valence-electron chi connectivity index (χ2n) is 10.7. The monoisotopic (exact) mass is 576 g/mol. The van der Waals surface area contributed by atoms with E-state index in [0.717, 1.165) is 80.2 Å². The van der Waals surface area contributed by atoms with Crippen molar-refractivity contribution in [2.24, 2.45) is 0 Å². The van der Waals surface area contributed by atoms with Gasteiger partial charge in [0.05, 0.1) is 40.5 Å². The highest BCUT2D eigenvalue weighted by molar-refractivity contribution is 5.93. The number of piperidine rings is 1. The highest BCUT2D eigenvalue weighted by Crippen LogP contribution is 2.42. The van der Waals surface area contributed by atoms with Gasteiger partial charge in [0.25, 0.3) is 0 Å². The van der Waals surface area contributed by atoms with Gasteiger partial charge in [0.1, 0.15) is 28.7 Å². The number of likely N-dealkylation sites (tertiary alicyclic amines) is 1. The molecule has 0 N–H and O–H groups in total. The maximum atomic E-state index is 14.3. The van der Waals surface area contributed by atoms with Crippen molar-refractivity contribution in [3.05, 3.63) is 77.9 Å². The normalized spacial score (nSPS) is 14.5. The summed E-state index contributed by atoms with van der Waals surface area (Å²) in [7, 11) is 8.69. The minimum Gasteiger partial charge on any atom is -0.497 e. The summed E-state index contributed by atoms with van der Waals surface area (Å²) in [6.07, 6.45) is 3.49. The first-order valence-corrected chi connectivity index (χ1v) is 14.6. The average molecular weight is 577 g/mol. The third kappa shape index (κ3) is 7.29. The van der Waals surface area contributed by atoms with Crippen LogP contribution in [0.3, 0.4) is 0 Å². The fourth-order valence-electron chi connectivity index (χ4n) is 5.71. The topological polar surface area (TPSA) is 69.7 Å². The lowest BCUT2D eigenvalue weighted by atomic mass is 9.68. The number of amides is 1. The van der Waals surface area contributed by atoms with E-state index >= 15 is 0 Å². The lowest BCUT2D eigenvalue weighted by molar-refractivity contribution is -0.139. The van der Waals surface area contributed by atoms with Gasteiger partial charge in [0, 0.05) is 37.8 Å². The van der Waals surface area contributed by atoms with Crippen molar-refractivity contribution >= 4 is 5.91 Å². The molecule has 1 aliphatic heterocycles. The van der Waals surface area contributed by atoms with E-state index in [9.17, 15) is 4.79 Å². The molecule has 226 valence electrons. The smallest absolute Gasteiger partial charge is 0.237 e. The Morgan fingerprint density at radius 2 is 1.21 bits per heavy atom. The summed E-state index contributed by atoms with van der Waals surface area (Å²) in [4.78, 5) is 18.6. The lowest BCUT2D eigenvalue weighted by Gasteiger charge is -2.43. The van der Waals surface area contributed by atoms with Crippen molar-refractivity contribution in [1.29, 1.82) is 0 Å². The molecular weight excluding hydrogens is 532 g/mol. The quantitative estimate of drug-likeness (QED) is 0.224. The first kappa shape index (κ1) is 31.0. The summed E-state index contributed by atoms with van der Waals surface area (Å²) in [5.41, 5.74) is 1.26. The molecule has 0 saturated carbocycles. The second kappa shape index (κ2) is 14.8. The van der Waals surface area contributed by atoms with Crippen molar-refractivity contribution in [2.75, 3.05) is 68.3 Å². The number of benzene rings is 3. The van der Waals surface area contributed by atoms with E-state index in [2.05, 4.69) is 11.9 Å².